The van der Waals surface area contributed by atoms with Gasteiger partial charge in [-0.3, -0.25) is 4.79 Å². The number of carbonyl (C=O) groups is 1. The number of nitrogens with one attached hydrogen (secondary N) is 1. The van der Waals surface area contributed by atoms with E-state index in [1.54, 1.807) is 0 Å². The van der Waals surface area contributed by atoms with E-state index in [4.69, 9.17) is 4.74 Å². The monoisotopic (exact) mass is 409 g/mol. The van der Waals surface area contributed by atoms with Crippen molar-refractivity contribution in [3.63, 3.8) is 0 Å². The molecule has 1 aromatic heterocycles. The minimum atomic E-state index is 0.198. The predicted molar refractivity (Wildman–Crippen MR) is 117 cm³/mol. The maximum atomic E-state index is 12.6. The van der Waals surface area contributed by atoms with Gasteiger partial charge >= 0.3 is 0 Å². The normalized spacial score (nSPS) is 15.0. The number of hydrogen-bond donors (Lipinski definition) is 1. The lowest BCUT2D eigenvalue weighted by Crippen LogP contribution is -2.39. The van der Waals surface area contributed by atoms with Crippen LogP contribution < -0.4 is 4.74 Å². The number of thioether (sulfide) groups is 1. The molecule has 1 amide bonds. The van der Waals surface area contributed by atoms with Gasteiger partial charge in [-0.2, -0.15) is 0 Å². The Kier molecular flexibility index (Phi) is 6.39. The molecule has 2 heterocycles. The number of fused-ring (bicyclic) bond motifs is 1. The summed E-state index contributed by atoms with van der Waals surface area (Å²) < 4.78 is 5.53. The Hall–Kier alpha value is -2.47. The highest BCUT2D eigenvalue weighted by Crippen LogP contribution is 2.25. The van der Waals surface area contributed by atoms with Gasteiger partial charge in [-0.25, -0.2) is 4.98 Å². The number of hydrogen-bond acceptors (Lipinski definition) is 4. The molecule has 152 valence electrons. The number of imidazole rings is 1. The lowest BCUT2D eigenvalue weighted by atomic mass is 9.90. The Morgan fingerprint density at radius 2 is 2.00 bits per heavy atom. The van der Waals surface area contributed by atoms with Crippen LogP contribution in [-0.2, 0) is 11.2 Å². The molecule has 0 bridgehead atoms. The zero-order chi connectivity index (χ0) is 20.1. The van der Waals surface area contributed by atoms with Gasteiger partial charge in [-0.1, -0.05) is 42.1 Å². The van der Waals surface area contributed by atoms with E-state index in [2.05, 4.69) is 40.3 Å². The molecule has 6 heteroatoms. The summed E-state index contributed by atoms with van der Waals surface area (Å²) in [5.41, 5.74) is 3.22. The average molecular weight is 410 g/mol. The highest BCUT2D eigenvalue weighted by Gasteiger charge is 2.23. The number of aromatic amines is 1. The van der Waals surface area contributed by atoms with Gasteiger partial charge in [0.25, 0.3) is 0 Å². The summed E-state index contributed by atoms with van der Waals surface area (Å²) in [6, 6.07) is 16.5. The van der Waals surface area contributed by atoms with Crippen molar-refractivity contribution in [1.29, 1.82) is 0 Å². The number of amides is 1. The topological polar surface area (TPSA) is 58.2 Å². The summed E-state index contributed by atoms with van der Waals surface area (Å²) in [4.78, 5) is 22.5. The number of likely N-dealkylation sites (tertiary alicyclic amines) is 1. The van der Waals surface area contributed by atoms with Crippen molar-refractivity contribution in [2.24, 2.45) is 5.92 Å². The van der Waals surface area contributed by atoms with Gasteiger partial charge in [-0.15, -0.1) is 0 Å². The first-order valence-electron chi connectivity index (χ1n) is 10.3. The number of carbonyl (C=O) groups excluding carboxylic acids is 1. The molecule has 0 atom stereocenters. The van der Waals surface area contributed by atoms with Crippen LogP contribution in [0.25, 0.3) is 11.0 Å². The van der Waals surface area contributed by atoms with Crippen LogP contribution in [0.3, 0.4) is 0 Å². The highest BCUT2D eigenvalue weighted by molar-refractivity contribution is 7.99. The van der Waals surface area contributed by atoms with E-state index < -0.39 is 0 Å². The van der Waals surface area contributed by atoms with Crippen LogP contribution in [-0.4, -0.2) is 46.2 Å². The molecule has 0 unspecified atom stereocenters. The van der Waals surface area contributed by atoms with Crippen LogP contribution in [0.5, 0.6) is 5.75 Å². The van der Waals surface area contributed by atoms with Crippen LogP contribution in [0, 0.1) is 5.92 Å². The molecule has 1 saturated heterocycles. The molecule has 0 saturated carbocycles. The molecule has 5 nitrogen and oxygen atoms in total. The summed E-state index contributed by atoms with van der Waals surface area (Å²) in [5.74, 6) is 2.11. The van der Waals surface area contributed by atoms with Gasteiger partial charge in [0.1, 0.15) is 5.75 Å². The molecule has 0 aliphatic carbocycles. The number of ether oxygens (including phenoxy) is 1. The zero-order valence-corrected chi connectivity index (χ0v) is 17.6. The van der Waals surface area contributed by atoms with E-state index in [-0.39, 0.29) is 5.91 Å². The van der Waals surface area contributed by atoms with Gasteiger partial charge in [0.2, 0.25) is 5.91 Å². The van der Waals surface area contributed by atoms with Gasteiger partial charge in [0.15, 0.2) is 5.16 Å². The third kappa shape index (κ3) is 5.12. The van der Waals surface area contributed by atoms with Gasteiger partial charge in [-0.05, 0) is 49.8 Å². The highest BCUT2D eigenvalue weighted by atomic mass is 32.2. The Bertz CT molecular complexity index is 949. The Morgan fingerprint density at radius 3 is 2.76 bits per heavy atom. The standard InChI is InChI=1S/C23H27N3O2S/c1-2-28-19-8-9-20-21(15-19)25-23(24-20)29-16-22(27)26-12-10-18(11-13-26)14-17-6-4-3-5-7-17/h3-9,15,18H,2,10-14,16H2,1H3,(H,24,25). The quantitative estimate of drug-likeness (QED) is 0.582. The predicted octanol–water partition coefficient (Wildman–Crippen LogP) is 4.54. The second kappa shape index (κ2) is 9.35. The fourth-order valence-electron chi connectivity index (χ4n) is 3.85. The van der Waals surface area contributed by atoms with Gasteiger partial charge in [0.05, 0.1) is 23.4 Å². The van der Waals surface area contributed by atoms with E-state index in [1.807, 2.05) is 30.0 Å². The van der Waals surface area contributed by atoms with Crippen molar-refractivity contribution >= 4 is 28.7 Å². The van der Waals surface area contributed by atoms with Crippen LogP contribution in [0.1, 0.15) is 25.3 Å². The second-order valence-electron chi connectivity index (χ2n) is 7.46. The lowest BCUT2D eigenvalue weighted by molar-refractivity contribution is -0.129. The first kappa shape index (κ1) is 19.8. The van der Waals surface area contributed by atoms with Crippen LogP contribution in [0.4, 0.5) is 0 Å². The minimum Gasteiger partial charge on any atom is -0.494 e. The van der Waals surface area contributed by atoms with E-state index >= 15 is 0 Å². The number of rotatable bonds is 7. The Labute approximate surface area is 175 Å². The summed E-state index contributed by atoms with van der Waals surface area (Å²) in [5, 5.41) is 0.779. The van der Waals surface area contributed by atoms with E-state index in [9.17, 15) is 4.79 Å². The van der Waals surface area contributed by atoms with Crippen LogP contribution in [0.15, 0.2) is 53.7 Å². The molecule has 3 aromatic rings. The summed E-state index contributed by atoms with van der Waals surface area (Å²) in [6.07, 6.45) is 3.27. The van der Waals surface area contributed by atoms with E-state index in [1.165, 1.54) is 17.3 Å². The van der Waals surface area contributed by atoms with E-state index in [0.717, 1.165) is 54.3 Å². The molecule has 0 radical (unpaired) electrons. The molecule has 2 aromatic carbocycles. The summed E-state index contributed by atoms with van der Waals surface area (Å²) in [7, 11) is 0. The van der Waals surface area contributed by atoms with Crippen molar-refractivity contribution in [3.8, 4) is 5.75 Å². The van der Waals surface area contributed by atoms with Crippen molar-refractivity contribution in [2.75, 3.05) is 25.4 Å². The van der Waals surface area contributed by atoms with Crippen LogP contribution in [0.2, 0.25) is 0 Å². The second-order valence-corrected chi connectivity index (χ2v) is 8.42. The van der Waals surface area contributed by atoms with Crippen molar-refractivity contribution in [1.82, 2.24) is 14.9 Å². The molecular weight excluding hydrogens is 382 g/mol. The number of H-pyrrole nitrogens is 1. The number of aromatic nitrogens is 2. The number of nitrogens with zero attached hydrogens (tertiary/aromatic N) is 2. The van der Waals surface area contributed by atoms with Crippen molar-refractivity contribution < 1.29 is 9.53 Å². The minimum absolute atomic E-state index is 0.198. The first-order valence-corrected chi connectivity index (χ1v) is 11.3. The van der Waals surface area contributed by atoms with Crippen molar-refractivity contribution in [2.45, 2.75) is 31.3 Å². The molecule has 0 spiro atoms. The van der Waals surface area contributed by atoms with Crippen molar-refractivity contribution in [3.05, 3.63) is 54.1 Å². The number of benzene rings is 2. The third-order valence-electron chi connectivity index (χ3n) is 5.41. The maximum Gasteiger partial charge on any atom is 0.233 e. The molecule has 4 rings (SSSR count). The smallest absolute Gasteiger partial charge is 0.233 e. The molecule has 1 N–H and O–H groups in total. The van der Waals surface area contributed by atoms with Crippen LogP contribution >= 0.6 is 11.8 Å². The maximum absolute atomic E-state index is 12.6. The molecule has 1 aliphatic rings. The summed E-state index contributed by atoms with van der Waals surface area (Å²) >= 11 is 1.47. The average Bonchev–Trinajstić information content (AvgIpc) is 3.16. The fraction of sp³-hybridized carbons (Fsp3) is 0.391. The Balaban J connectivity index is 1.26. The zero-order valence-electron chi connectivity index (χ0n) is 16.8. The summed E-state index contributed by atoms with van der Waals surface area (Å²) in [6.45, 7) is 4.32. The lowest BCUT2D eigenvalue weighted by Gasteiger charge is -2.32. The first-order chi connectivity index (χ1) is 14.2. The van der Waals surface area contributed by atoms with Gasteiger partial charge in [0, 0.05) is 19.2 Å². The molecule has 1 aliphatic heterocycles. The molecule has 1 fully saturated rings. The Morgan fingerprint density at radius 1 is 1.21 bits per heavy atom. The third-order valence-corrected chi connectivity index (χ3v) is 6.27. The fourth-order valence-corrected chi connectivity index (χ4v) is 4.63. The number of piperidine rings is 1. The molecular formula is C23H27N3O2S. The van der Waals surface area contributed by atoms with Gasteiger partial charge < -0.3 is 14.6 Å². The van der Waals surface area contributed by atoms with E-state index in [0.29, 0.717) is 18.3 Å². The SMILES string of the molecule is CCOc1ccc2nc(SCC(=O)N3CCC(Cc4ccccc4)CC3)[nH]c2c1. The molecule has 29 heavy (non-hydrogen) atoms. The largest absolute Gasteiger partial charge is 0.494 e.